The molecule has 0 saturated heterocycles. The maximum atomic E-state index is 12.3. The van der Waals surface area contributed by atoms with Crippen molar-refractivity contribution in [3.8, 4) is 22.8 Å². The lowest BCUT2D eigenvalue weighted by atomic mass is 10.1. The maximum Gasteiger partial charge on any atom is 0.262 e. The van der Waals surface area contributed by atoms with E-state index in [1.165, 1.54) is 0 Å². The van der Waals surface area contributed by atoms with E-state index >= 15 is 0 Å². The molecule has 1 heterocycles. The van der Waals surface area contributed by atoms with Crippen molar-refractivity contribution >= 4 is 34.1 Å². The zero-order valence-corrected chi connectivity index (χ0v) is 17.0. The Balaban J connectivity index is 1.59. The summed E-state index contributed by atoms with van der Waals surface area (Å²) in [4.78, 5) is 17.1. The number of nitrogens with zero attached hydrogens (tertiary/aromatic N) is 1. The molecule has 5 nitrogen and oxygen atoms in total. The Kier molecular flexibility index (Phi) is 5.82. The minimum Gasteiger partial charge on any atom is -0.497 e. The van der Waals surface area contributed by atoms with Crippen LogP contribution in [0, 0.1) is 0 Å². The number of methoxy groups -OCH3 is 1. The molecule has 0 fully saturated rings. The Bertz CT molecular complexity index is 1190. The van der Waals surface area contributed by atoms with E-state index in [1.54, 1.807) is 31.4 Å². The number of benzene rings is 3. The van der Waals surface area contributed by atoms with Crippen molar-refractivity contribution in [3.63, 3.8) is 0 Å². The predicted molar refractivity (Wildman–Crippen MR) is 119 cm³/mol. The van der Waals surface area contributed by atoms with Gasteiger partial charge in [-0.15, -0.1) is 0 Å². The Morgan fingerprint density at radius 1 is 1.00 bits per heavy atom. The lowest BCUT2D eigenvalue weighted by Crippen LogP contribution is -2.20. The molecule has 0 unspecified atom stereocenters. The number of aromatic nitrogens is 1. The Labute approximate surface area is 179 Å². The molecular weight excluding hydrogens is 400 g/mol. The maximum absolute atomic E-state index is 12.3. The highest BCUT2D eigenvalue weighted by molar-refractivity contribution is 6.30. The molecule has 0 spiro atoms. The summed E-state index contributed by atoms with van der Waals surface area (Å²) in [5, 5.41) is 4.24. The van der Waals surface area contributed by atoms with E-state index in [0.717, 1.165) is 27.9 Å². The quantitative estimate of drug-likeness (QED) is 0.444. The number of halogens is 1. The number of rotatable bonds is 6. The highest BCUT2D eigenvalue weighted by atomic mass is 35.5. The highest BCUT2D eigenvalue weighted by Gasteiger charge is 2.11. The molecule has 1 aromatic heterocycles. The summed E-state index contributed by atoms with van der Waals surface area (Å²) in [5.41, 5.74) is 3.08. The van der Waals surface area contributed by atoms with Crippen LogP contribution in [0.15, 0.2) is 78.9 Å². The van der Waals surface area contributed by atoms with Crippen LogP contribution in [0.5, 0.6) is 11.5 Å². The third-order valence-electron chi connectivity index (χ3n) is 4.53. The number of amides is 1. The van der Waals surface area contributed by atoms with Gasteiger partial charge in [0.25, 0.3) is 5.91 Å². The third kappa shape index (κ3) is 4.53. The van der Waals surface area contributed by atoms with E-state index in [1.807, 2.05) is 54.6 Å². The molecule has 1 N–H and O–H groups in total. The van der Waals surface area contributed by atoms with E-state index < -0.39 is 0 Å². The van der Waals surface area contributed by atoms with E-state index in [0.29, 0.717) is 16.5 Å². The van der Waals surface area contributed by atoms with Gasteiger partial charge in [-0.05, 0) is 48.5 Å². The molecule has 1 amide bonds. The minimum absolute atomic E-state index is 0.131. The smallest absolute Gasteiger partial charge is 0.262 e. The summed E-state index contributed by atoms with van der Waals surface area (Å²) < 4.78 is 11.2. The topological polar surface area (TPSA) is 60.5 Å². The molecule has 6 heteroatoms. The van der Waals surface area contributed by atoms with Gasteiger partial charge in [-0.3, -0.25) is 4.79 Å². The Morgan fingerprint density at radius 3 is 2.60 bits per heavy atom. The van der Waals surface area contributed by atoms with Crippen molar-refractivity contribution in [2.45, 2.75) is 0 Å². The van der Waals surface area contributed by atoms with Crippen LogP contribution in [-0.2, 0) is 4.79 Å². The van der Waals surface area contributed by atoms with Gasteiger partial charge < -0.3 is 14.8 Å². The molecular formula is C24H19ClN2O3. The second-order valence-electron chi connectivity index (χ2n) is 6.60. The van der Waals surface area contributed by atoms with Crippen LogP contribution in [0.25, 0.3) is 22.2 Å². The standard InChI is InChI=1S/C24H19ClN2O3/c1-29-19-6-4-5-16(13-19)22-14-23(20-7-2-3-8-21(20)27-22)30-15-24(28)26-18-11-9-17(25)10-12-18/h2-14H,15H2,1H3,(H,26,28). The van der Waals surface area contributed by atoms with Gasteiger partial charge in [0.15, 0.2) is 6.61 Å². The average Bonchev–Trinajstić information content (AvgIpc) is 2.79. The number of hydrogen-bond donors (Lipinski definition) is 1. The van der Waals surface area contributed by atoms with E-state index in [4.69, 9.17) is 26.1 Å². The second kappa shape index (κ2) is 8.84. The Hall–Kier alpha value is -3.57. The first-order chi connectivity index (χ1) is 14.6. The molecule has 0 aliphatic carbocycles. The van der Waals surface area contributed by atoms with Gasteiger partial charge in [-0.1, -0.05) is 35.9 Å². The first kappa shape index (κ1) is 19.7. The summed E-state index contributed by atoms with van der Waals surface area (Å²) in [7, 11) is 1.63. The first-order valence-corrected chi connectivity index (χ1v) is 9.72. The van der Waals surface area contributed by atoms with Gasteiger partial charge in [0, 0.05) is 27.7 Å². The van der Waals surface area contributed by atoms with Crippen molar-refractivity contribution in [1.82, 2.24) is 4.98 Å². The number of para-hydroxylation sites is 1. The number of nitrogens with one attached hydrogen (secondary N) is 1. The normalized spacial score (nSPS) is 10.6. The second-order valence-corrected chi connectivity index (χ2v) is 7.03. The minimum atomic E-state index is -0.263. The molecule has 0 saturated carbocycles. The Morgan fingerprint density at radius 2 is 1.80 bits per heavy atom. The van der Waals surface area contributed by atoms with E-state index in [2.05, 4.69) is 5.32 Å². The number of pyridine rings is 1. The number of ether oxygens (including phenoxy) is 2. The molecule has 4 rings (SSSR count). The van der Waals surface area contributed by atoms with Crippen molar-refractivity contribution in [2.24, 2.45) is 0 Å². The SMILES string of the molecule is COc1cccc(-c2cc(OCC(=O)Nc3ccc(Cl)cc3)c3ccccc3n2)c1. The summed E-state index contributed by atoms with van der Waals surface area (Å²) in [6.07, 6.45) is 0. The molecule has 0 aliphatic rings. The first-order valence-electron chi connectivity index (χ1n) is 9.35. The van der Waals surface area contributed by atoms with Gasteiger partial charge in [0.2, 0.25) is 0 Å². The van der Waals surface area contributed by atoms with Gasteiger partial charge in [-0.2, -0.15) is 0 Å². The van der Waals surface area contributed by atoms with Crippen molar-refractivity contribution in [1.29, 1.82) is 0 Å². The fourth-order valence-electron chi connectivity index (χ4n) is 3.07. The molecule has 0 radical (unpaired) electrons. The lowest BCUT2D eigenvalue weighted by Gasteiger charge is -2.12. The average molecular weight is 419 g/mol. The molecule has 3 aromatic carbocycles. The van der Waals surface area contributed by atoms with Crippen LogP contribution >= 0.6 is 11.6 Å². The summed E-state index contributed by atoms with van der Waals surface area (Å²) in [6, 6.07) is 24.1. The van der Waals surface area contributed by atoms with Crippen LogP contribution in [0.4, 0.5) is 5.69 Å². The monoisotopic (exact) mass is 418 g/mol. The predicted octanol–water partition coefficient (Wildman–Crippen LogP) is 5.58. The fourth-order valence-corrected chi connectivity index (χ4v) is 3.19. The number of carbonyl (C=O) groups is 1. The largest absolute Gasteiger partial charge is 0.497 e. The van der Waals surface area contributed by atoms with Crippen LogP contribution in [-0.4, -0.2) is 24.6 Å². The molecule has 150 valence electrons. The van der Waals surface area contributed by atoms with Gasteiger partial charge in [-0.25, -0.2) is 4.98 Å². The lowest BCUT2D eigenvalue weighted by molar-refractivity contribution is -0.118. The summed E-state index contributed by atoms with van der Waals surface area (Å²) in [5.74, 6) is 1.07. The molecule has 0 aliphatic heterocycles. The summed E-state index contributed by atoms with van der Waals surface area (Å²) in [6.45, 7) is -0.131. The van der Waals surface area contributed by atoms with E-state index in [9.17, 15) is 4.79 Å². The number of hydrogen-bond acceptors (Lipinski definition) is 4. The molecule has 4 aromatic rings. The number of carbonyl (C=O) groups excluding carboxylic acids is 1. The van der Waals surface area contributed by atoms with Crippen molar-refractivity contribution in [2.75, 3.05) is 19.0 Å². The van der Waals surface area contributed by atoms with Crippen LogP contribution in [0.2, 0.25) is 5.02 Å². The number of anilines is 1. The summed E-state index contributed by atoms with van der Waals surface area (Å²) >= 11 is 5.88. The third-order valence-corrected chi connectivity index (χ3v) is 4.78. The van der Waals surface area contributed by atoms with Gasteiger partial charge in [0.1, 0.15) is 11.5 Å². The van der Waals surface area contributed by atoms with Gasteiger partial charge >= 0.3 is 0 Å². The van der Waals surface area contributed by atoms with E-state index in [-0.39, 0.29) is 12.5 Å². The highest BCUT2D eigenvalue weighted by Crippen LogP contribution is 2.31. The van der Waals surface area contributed by atoms with Crippen LogP contribution in [0.1, 0.15) is 0 Å². The molecule has 0 bridgehead atoms. The van der Waals surface area contributed by atoms with Crippen molar-refractivity contribution < 1.29 is 14.3 Å². The van der Waals surface area contributed by atoms with Gasteiger partial charge in [0.05, 0.1) is 18.3 Å². The van der Waals surface area contributed by atoms with Crippen LogP contribution < -0.4 is 14.8 Å². The zero-order chi connectivity index (χ0) is 20.9. The van der Waals surface area contributed by atoms with Crippen molar-refractivity contribution in [3.05, 3.63) is 83.9 Å². The molecule has 30 heavy (non-hydrogen) atoms. The zero-order valence-electron chi connectivity index (χ0n) is 16.3. The fraction of sp³-hybridized carbons (Fsp3) is 0.0833. The van der Waals surface area contributed by atoms with Crippen LogP contribution in [0.3, 0.4) is 0 Å². The molecule has 0 atom stereocenters. The number of fused-ring (bicyclic) bond motifs is 1.